The first-order valence-electron chi connectivity index (χ1n) is 6.23. The second-order valence-corrected chi connectivity index (χ2v) is 5.03. The fourth-order valence-electron chi connectivity index (χ4n) is 2.34. The predicted octanol–water partition coefficient (Wildman–Crippen LogP) is 1.26. The normalized spacial score (nSPS) is 19.0. The Hall–Kier alpha value is -2.06. The van der Waals surface area contributed by atoms with Gasteiger partial charge in [-0.05, 0) is 19.1 Å². The molecule has 1 aromatic rings. The van der Waals surface area contributed by atoms with E-state index in [2.05, 4.69) is 6.07 Å². The molecule has 0 aromatic heterocycles. The fourth-order valence-corrected chi connectivity index (χ4v) is 2.34. The molecule has 0 bridgehead atoms. The van der Waals surface area contributed by atoms with Gasteiger partial charge in [-0.3, -0.25) is 4.79 Å². The molecule has 1 aliphatic heterocycles. The number of anilines is 2. The van der Waals surface area contributed by atoms with E-state index in [4.69, 9.17) is 11.0 Å². The van der Waals surface area contributed by atoms with Gasteiger partial charge < -0.3 is 15.5 Å². The molecule has 0 fully saturated rings. The maximum Gasteiger partial charge on any atom is 0.248 e. The Morgan fingerprint density at radius 3 is 2.89 bits per heavy atom. The van der Waals surface area contributed by atoms with Crippen molar-refractivity contribution in [1.29, 1.82) is 5.26 Å². The monoisotopic (exact) mass is 258 g/mol. The number of nitrogens with two attached hydrogens (primary N) is 1. The molecule has 0 saturated heterocycles. The second-order valence-electron chi connectivity index (χ2n) is 5.03. The van der Waals surface area contributed by atoms with Gasteiger partial charge in [0.1, 0.15) is 6.04 Å². The molecule has 100 valence electrons. The van der Waals surface area contributed by atoms with E-state index in [-0.39, 0.29) is 11.8 Å². The van der Waals surface area contributed by atoms with Crippen molar-refractivity contribution in [2.45, 2.75) is 13.0 Å². The molecule has 2 N–H and O–H groups in total. The molecule has 2 atom stereocenters. The van der Waals surface area contributed by atoms with Crippen LogP contribution in [0.4, 0.5) is 11.4 Å². The van der Waals surface area contributed by atoms with Crippen LogP contribution in [0, 0.1) is 17.2 Å². The van der Waals surface area contributed by atoms with Gasteiger partial charge in [0.05, 0.1) is 17.7 Å². The van der Waals surface area contributed by atoms with E-state index in [1.165, 1.54) is 0 Å². The third-order valence-electron chi connectivity index (χ3n) is 3.52. The van der Waals surface area contributed by atoms with E-state index >= 15 is 0 Å². The number of rotatable bonds is 3. The lowest BCUT2D eigenvalue weighted by Crippen LogP contribution is -2.28. The third-order valence-corrected chi connectivity index (χ3v) is 3.52. The summed E-state index contributed by atoms with van der Waals surface area (Å²) in [4.78, 5) is 15.4. The number of carbonyl (C=O) groups excluding carboxylic acids is 1. The van der Waals surface area contributed by atoms with E-state index in [0.717, 1.165) is 16.9 Å². The third kappa shape index (κ3) is 2.27. The zero-order valence-corrected chi connectivity index (χ0v) is 11.4. The minimum atomic E-state index is -0.558. The highest BCUT2D eigenvalue weighted by molar-refractivity contribution is 6.04. The summed E-state index contributed by atoms with van der Waals surface area (Å²) in [5.74, 6) is -0.125. The SMILES string of the molecule is CC(C#N)CN(C)c1ccc2c(c1)N(C)C(=O)C2N. The molecule has 0 spiro atoms. The molecule has 1 amide bonds. The Balaban J connectivity index is 2.28. The van der Waals surface area contributed by atoms with E-state index in [1.807, 2.05) is 37.1 Å². The highest BCUT2D eigenvalue weighted by atomic mass is 16.2. The van der Waals surface area contributed by atoms with Crippen LogP contribution in [0.25, 0.3) is 0 Å². The Bertz CT molecular complexity index is 549. The van der Waals surface area contributed by atoms with Crippen LogP contribution >= 0.6 is 0 Å². The van der Waals surface area contributed by atoms with Crippen LogP contribution in [0.15, 0.2) is 18.2 Å². The Morgan fingerprint density at radius 2 is 2.26 bits per heavy atom. The molecular weight excluding hydrogens is 240 g/mol. The van der Waals surface area contributed by atoms with Crippen molar-refractivity contribution in [3.05, 3.63) is 23.8 Å². The zero-order valence-electron chi connectivity index (χ0n) is 11.4. The van der Waals surface area contributed by atoms with Crippen LogP contribution in [-0.4, -0.2) is 26.5 Å². The van der Waals surface area contributed by atoms with Gasteiger partial charge in [-0.2, -0.15) is 5.26 Å². The van der Waals surface area contributed by atoms with Crippen LogP contribution in [0.1, 0.15) is 18.5 Å². The number of nitrogens with zero attached hydrogens (tertiary/aromatic N) is 3. The summed E-state index contributed by atoms with van der Waals surface area (Å²) in [6.07, 6.45) is 0. The first kappa shape index (κ1) is 13.4. The van der Waals surface area contributed by atoms with Crippen molar-refractivity contribution in [2.24, 2.45) is 11.7 Å². The van der Waals surface area contributed by atoms with Gasteiger partial charge in [0.25, 0.3) is 0 Å². The second kappa shape index (κ2) is 4.90. The van der Waals surface area contributed by atoms with Crippen molar-refractivity contribution >= 4 is 17.3 Å². The highest BCUT2D eigenvalue weighted by Crippen LogP contribution is 2.36. The Kier molecular flexibility index (Phi) is 3.45. The summed E-state index contributed by atoms with van der Waals surface area (Å²) in [7, 11) is 3.67. The molecule has 1 heterocycles. The molecule has 2 unspecified atom stereocenters. The van der Waals surface area contributed by atoms with Crippen molar-refractivity contribution in [3.8, 4) is 6.07 Å². The molecule has 0 radical (unpaired) electrons. The van der Waals surface area contributed by atoms with Gasteiger partial charge in [0, 0.05) is 31.9 Å². The van der Waals surface area contributed by atoms with Crippen LogP contribution in [0.2, 0.25) is 0 Å². The minimum Gasteiger partial charge on any atom is -0.373 e. The summed E-state index contributed by atoms with van der Waals surface area (Å²) in [5, 5.41) is 8.85. The average molecular weight is 258 g/mol. The first-order valence-corrected chi connectivity index (χ1v) is 6.23. The number of nitriles is 1. The molecule has 1 aliphatic rings. The number of hydrogen-bond acceptors (Lipinski definition) is 4. The fraction of sp³-hybridized carbons (Fsp3) is 0.429. The van der Waals surface area contributed by atoms with Gasteiger partial charge in [0.2, 0.25) is 5.91 Å². The number of carbonyl (C=O) groups is 1. The van der Waals surface area contributed by atoms with E-state index in [1.54, 1.807) is 11.9 Å². The van der Waals surface area contributed by atoms with Crippen LogP contribution in [-0.2, 0) is 4.79 Å². The maximum atomic E-state index is 11.8. The molecule has 19 heavy (non-hydrogen) atoms. The predicted molar refractivity (Wildman–Crippen MR) is 74.8 cm³/mol. The van der Waals surface area contributed by atoms with Crippen LogP contribution in [0.5, 0.6) is 0 Å². The average Bonchev–Trinajstić information content (AvgIpc) is 2.63. The zero-order chi connectivity index (χ0) is 14.2. The molecule has 5 nitrogen and oxygen atoms in total. The molecular formula is C14H18N4O. The maximum absolute atomic E-state index is 11.8. The quantitative estimate of drug-likeness (QED) is 0.885. The van der Waals surface area contributed by atoms with Crippen LogP contribution < -0.4 is 15.5 Å². The smallest absolute Gasteiger partial charge is 0.248 e. The van der Waals surface area contributed by atoms with Crippen molar-refractivity contribution in [1.82, 2.24) is 0 Å². The molecule has 5 heteroatoms. The number of amides is 1. The van der Waals surface area contributed by atoms with Gasteiger partial charge >= 0.3 is 0 Å². The van der Waals surface area contributed by atoms with Gasteiger partial charge in [-0.25, -0.2) is 0 Å². The molecule has 2 rings (SSSR count). The minimum absolute atomic E-state index is 0.0418. The topological polar surface area (TPSA) is 73.4 Å². The summed E-state index contributed by atoms with van der Waals surface area (Å²) in [5.41, 5.74) is 8.55. The van der Waals surface area contributed by atoms with Gasteiger partial charge in [-0.1, -0.05) is 6.07 Å². The number of fused-ring (bicyclic) bond motifs is 1. The standard InChI is InChI=1S/C14H18N4O/c1-9(7-15)8-17(2)10-4-5-11-12(6-10)18(3)14(19)13(11)16/h4-6,9,13H,8,16H2,1-3H3. The molecule has 0 aliphatic carbocycles. The summed E-state index contributed by atoms with van der Waals surface area (Å²) in [6.45, 7) is 2.54. The number of likely N-dealkylation sites (N-methyl/N-ethyl adjacent to an activating group) is 1. The lowest BCUT2D eigenvalue weighted by molar-refractivity contribution is -0.118. The van der Waals surface area contributed by atoms with Crippen molar-refractivity contribution in [3.63, 3.8) is 0 Å². The van der Waals surface area contributed by atoms with Gasteiger partial charge in [0.15, 0.2) is 0 Å². The Morgan fingerprint density at radius 1 is 1.58 bits per heavy atom. The highest BCUT2D eigenvalue weighted by Gasteiger charge is 2.32. The van der Waals surface area contributed by atoms with Crippen molar-refractivity contribution in [2.75, 3.05) is 30.4 Å². The van der Waals surface area contributed by atoms with E-state index in [9.17, 15) is 4.79 Å². The van der Waals surface area contributed by atoms with E-state index in [0.29, 0.717) is 6.54 Å². The summed E-state index contributed by atoms with van der Waals surface area (Å²) < 4.78 is 0. The van der Waals surface area contributed by atoms with Gasteiger partial charge in [-0.15, -0.1) is 0 Å². The summed E-state index contributed by atoms with van der Waals surface area (Å²) >= 11 is 0. The first-order chi connectivity index (χ1) is 8.95. The Labute approximate surface area is 113 Å². The largest absolute Gasteiger partial charge is 0.373 e. The lowest BCUT2D eigenvalue weighted by Gasteiger charge is -2.22. The van der Waals surface area contributed by atoms with E-state index < -0.39 is 6.04 Å². The molecule has 1 aromatic carbocycles. The van der Waals surface area contributed by atoms with Crippen molar-refractivity contribution < 1.29 is 4.79 Å². The lowest BCUT2D eigenvalue weighted by atomic mass is 10.1. The number of benzene rings is 1. The molecule has 0 saturated carbocycles. The summed E-state index contributed by atoms with van der Waals surface area (Å²) in [6, 6.07) is 7.44. The number of hydrogen-bond donors (Lipinski definition) is 1. The van der Waals surface area contributed by atoms with Crippen LogP contribution in [0.3, 0.4) is 0 Å².